The molecule has 2 saturated carbocycles. The molecule has 0 bridgehead atoms. The Bertz CT molecular complexity index is 311. The molecule has 18 heavy (non-hydrogen) atoms. The highest BCUT2D eigenvalue weighted by Gasteiger charge is 2.59. The lowest BCUT2D eigenvalue weighted by molar-refractivity contribution is -0.236. The van der Waals surface area contributed by atoms with Gasteiger partial charge in [0.05, 0.1) is 17.3 Å². The van der Waals surface area contributed by atoms with E-state index in [2.05, 4.69) is 20.8 Å². The third-order valence-electron chi connectivity index (χ3n) is 5.69. The van der Waals surface area contributed by atoms with Gasteiger partial charge >= 0.3 is 0 Å². The molecule has 3 nitrogen and oxygen atoms in total. The van der Waals surface area contributed by atoms with Crippen LogP contribution in [0.4, 0.5) is 0 Å². The maximum absolute atomic E-state index is 11.0. The summed E-state index contributed by atoms with van der Waals surface area (Å²) in [5.74, 6) is 0.749. The van der Waals surface area contributed by atoms with Gasteiger partial charge < -0.3 is 15.3 Å². The van der Waals surface area contributed by atoms with Crippen LogP contribution in [0.15, 0.2) is 0 Å². The van der Waals surface area contributed by atoms with Crippen LogP contribution >= 0.6 is 0 Å². The Labute approximate surface area is 110 Å². The number of hydrogen-bond donors (Lipinski definition) is 3. The molecule has 3 N–H and O–H groups in total. The van der Waals surface area contributed by atoms with E-state index >= 15 is 0 Å². The van der Waals surface area contributed by atoms with E-state index in [4.69, 9.17) is 0 Å². The molecule has 0 amide bonds. The standard InChI is InChI=1S/C15H28O3/c1-9(2)11-6-5-10(3)15(18)8-7-14(4,17)13(16)12(11)15/h9-13,16-18H,5-8H2,1-4H3/t10-,11+,12-,13+,14+,15-/m1/s1. The predicted molar refractivity (Wildman–Crippen MR) is 71.0 cm³/mol. The quantitative estimate of drug-likeness (QED) is 0.672. The highest BCUT2D eigenvalue weighted by molar-refractivity contribution is 5.09. The molecular formula is C15H28O3. The van der Waals surface area contributed by atoms with Gasteiger partial charge in [-0.25, -0.2) is 0 Å². The maximum atomic E-state index is 11.0. The smallest absolute Gasteiger partial charge is 0.0882 e. The van der Waals surface area contributed by atoms with E-state index in [1.807, 2.05) is 0 Å². The summed E-state index contributed by atoms with van der Waals surface area (Å²) in [7, 11) is 0. The predicted octanol–water partition coefficient (Wildman–Crippen LogP) is 1.94. The Kier molecular flexibility index (Phi) is 3.54. The first-order valence-corrected chi connectivity index (χ1v) is 7.33. The van der Waals surface area contributed by atoms with Crippen molar-refractivity contribution in [2.24, 2.45) is 23.7 Å². The van der Waals surface area contributed by atoms with Crippen LogP contribution in [0.3, 0.4) is 0 Å². The normalized spacial score (nSPS) is 53.3. The fourth-order valence-corrected chi connectivity index (χ4v) is 4.23. The number of rotatable bonds is 1. The van der Waals surface area contributed by atoms with Crippen molar-refractivity contribution in [3.63, 3.8) is 0 Å². The van der Waals surface area contributed by atoms with Crippen molar-refractivity contribution < 1.29 is 15.3 Å². The minimum atomic E-state index is -1.05. The van der Waals surface area contributed by atoms with Crippen LogP contribution in [-0.2, 0) is 0 Å². The molecule has 2 aliphatic carbocycles. The summed E-state index contributed by atoms with van der Waals surface area (Å²) in [6, 6.07) is 0. The molecule has 0 aromatic heterocycles. The Morgan fingerprint density at radius 2 is 1.72 bits per heavy atom. The van der Waals surface area contributed by atoms with Crippen molar-refractivity contribution in [3.8, 4) is 0 Å². The Balaban J connectivity index is 2.37. The molecule has 2 rings (SSSR count). The van der Waals surface area contributed by atoms with Crippen LogP contribution < -0.4 is 0 Å². The molecule has 0 saturated heterocycles. The summed E-state index contributed by atoms with van der Waals surface area (Å²) in [6.07, 6.45) is 2.33. The van der Waals surface area contributed by atoms with Crippen LogP contribution in [0.25, 0.3) is 0 Å². The van der Waals surface area contributed by atoms with Crippen LogP contribution in [0.5, 0.6) is 0 Å². The maximum Gasteiger partial charge on any atom is 0.0882 e. The summed E-state index contributed by atoms with van der Waals surface area (Å²) >= 11 is 0. The lowest BCUT2D eigenvalue weighted by Gasteiger charge is -2.57. The van der Waals surface area contributed by atoms with Crippen molar-refractivity contribution >= 4 is 0 Å². The average molecular weight is 256 g/mol. The molecule has 2 aliphatic rings. The van der Waals surface area contributed by atoms with E-state index in [0.29, 0.717) is 24.7 Å². The van der Waals surface area contributed by atoms with Gasteiger partial charge in [0.1, 0.15) is 0 Å². The fourth-order valence-electron chi connectivity index (χ4n) is 4.23. The van der Waals surface area contributed by atoms with E-state index in [-0.39, 0.29) is 11.8 Å². The Morgan fingerprint density at radius 3 is 2.28 bits per heavy atom. The average Bonchev–Trinajstić information content (AvgIpc) is 2.27. The lowest BCUT2D eigenvalue weighted by Crippen LogP contribution is -2.65. The minimum absolute atomic E-state index is 0.190. The first kappa shape index (κ1) is 14.3. The van der Waals surface area contributed by atoms with Gasteiger partial charge in [0.15, 0.2) is 0 Å². The van der Waals surface area contributed by atoms with E-state index in [9.17, 15) is 15.3 Å². The van der Waals surface area contributed by atoms with Gasteiger partial charge in [0, 0.05) is 5.92 Å². The van der Waals surface area contributed by atoms with Gasteiger partial charge in [0.2, 0.25) is 0 Å². The third kappa shape index (κ3) is 2.00. The molecule has 3 heteroatoms. The molecule has 0 spiro atoms. The van der Waals surface area contributed by atoms with Gasteiger partial charge in [-0.2, -0.15) is 0 Å². The zero-order valence-corrected chi connectivity index (χ0v) is 12.1. The summed E-state index contributed by atoms with van der Waals surface area (Å²) < 4.78 is 0. The van der Waals surface area contributed by atoms with E-state index < -0.39 is 17.3 Å². The molecular weight excluding hydrogens is 228 g/mol. The number of aliphatic hydroxyl groups is 3. The van der Waals surface area contributed by atoms with Crippen LogP contribution in [-0.4, -0.2) is 32.6 Å². The first-order valence-electron chi connectivity index (χ1n) is 7.33. The third-order valence-corrected chi connectivity index (χ3v) is 5.69. The Hall–Kier alpha value is -0.120. The van der Waals surface area contributed by atoms with Crippen molar-refractivity contribution in [2.45, 2.75) is 70.7 Å². The molecule has 0 aliphatic heterocycles. The second kappa shape index (κ2) is 4.46. The SMILES string of the molecule is CC(C)[C@@H]1CC[C@@H](C)[C@]2(O)CC[C@](C)(O)[C@@H](O)[C@@H]12. The van der Waals surface area contributed by atoms with Crippen molar-refractivity contribution in [1.82, 2.24) is 0 Å². The molecule has 0 aromatic carbocycles. The number of hydrogen-bond acceptors (Lipinski definition) is 3. The zero-order valence-electron chi connectivity index (χ0n) is 12.1. The van der Waals surface area contributed by atoms with Gasteiger partial charge in [-0.1, -0.05) is 20.8 Å². The van der Waals surface area contributed by atoms with Gasteiger partial charge in [-0.05, 0) is 50.4 Å². The Morgan fingerprint density at radius 1 is 1.11 bits per heavy atom. The fraction of sp³-hybridized carbons (Fsp3) is 1.00. The first-order chi connectivity index (χ1) is 8.20. The minimum Gasteiger partial charge on any atom is -0.390 e. The summed E-state index contributed by atoms with van der Waals surface area (Å²) in [4.78, 5) is 0. The lowest BCUT2D eigenvalue weighted by atomic mass is 9.53. The second-order valence-corrected chi connectivity index (χ2v) is 7.21. The van der Waals surface area contributed by atoms with Crippen molar-refractivity contribution in [3.05, 3.63) is 0 Å². The monoisotopic (exact) mass is 256 g/mol. The molecule has 106 valence electrons. The van der Waals surface area contributed by atoms with Crippen LogP contribution in [0.1, 0.15) is 53.4 Å². The zero-order chi connectivity index (χ0) is 13.7. The van der Waals surface area contributed by atoms with E-state index in [0.717, 1.165) is 12.8 Å². The largest absolute Gasteiger partial charge is 0.390 e. The van der Waals surface area contributed by atoms with Crippen molar-refractivity contribution in [2.75, 3.05) is 0 Å². The second-order valence-electron chi connectivity index (χ2n) is 7.21. The van der Waals surface area contributed by atoms with E-state index in [1.54, 1.807) is 6.92 Å². The molecule has 0 heterocycles. The summed E-state index contributed by atoms with van der Waals surface area (Å²) in [5, 5.41) is 31.9. The van der Waals surface area contributed by atoms with E-state index in [1.165, 1.54) is 0 Å². The summed E-state index contributed by atoms with van der Waals surface area (Å²) in [5.41, 5.74) is -1.85. The van der Waals surface area contributed by atoms with Crippen LogP contribution in [0.2, 0.25) is 0 Å². The number of fused-ring (bicyclic) bond motifs is 1. The highest BCUT2D eigenvalue weighted by Crippen LogP contribution is 2.53. The van der Waals surface area contributed by atoms with Gasteiger partial charge in [-0.3, -0.25) is 0 Å². The molecule has 0 aromatic rings. The van der Waals surface area contributed by atoms with Crippen molar-refractivity contribution in [1.29, 1.82) is 0 Å². The topological polar surface area (TPSA) is 60.7 Å². The molecule has 0 radical (unpaired) electrons. The molecule has 0 unspecified atom stereocenters. The van der Waals surface area contributed by atoms with Gasteiger partial charge in [-0.15, -0.1) is 0 Å². The van der Waals surface area contributed by atoms with Gasteiger partial charge in [0.25, 0.3) is 0 Å². The number of aliphatic hydroxyl groups excluding tert-OH is 1. The van der Waals surface area contributed by atoms with Crippen LogP contribution in [0, 0.1) is 23.7 Å². The highest BCUT2D eigenvalue weighted by atomic mass is 16.3. The molecule has 2 fully saturated rings. The summed E-state index contributed by atoms with van der Waals surface area (Å²) in [6.45, 7) is 8.08. The molecule has 6 atom stereocenters.